The monoisotopic (exact) mass is 437 g/mol. The Balaban J connectivity index is 1.94. The predicted octanol–water partition coefficient (Wildman–Crippen LogP) is 4.89. The van der Waals surface area contributed by atoms with Crippen molar-refractivity contribution in [1.29, 1.82) is 5.26 Å². The second-order valence-corrected chi connectivity index (χ2v) is 6.71. The van der Waals surface area contributed by atoms with Gasteiger partial charge in [0, 0.05) is 23.4 Å². The lowest BCUT2D eigenvalue weighted by molar-refractivity contribution is -0.384. The number of carbonyl (C=O) groups excluding carboxylic acids is 1. The van der Waals surface area contributed by atoms with Crippen molar-refractivity contribution in [3.05, 3.63) is 93.0 Å². The second-order valence-electron chi connectivity index (χ2n) is 6.30. The molecule has 0 aromatic heterocycles. The lowest BCUT2D eigenvalue weighted by Crippen LogP contribution is -2.26. The normalized spacial score (nSPS) is 11.1. The average Bonchev–Trinajstić information content (AvgIpc) is 2.79. The molecular formula is C22H16ClN3O5. The van der Waals surface area contributed by atoms with Gasteiger partial charge >= 0.3 is 0 Å². The molecule has 3 aromatic carbocycles. The molecule has 8 nitrogen and oxygen atoms in total. The van der Waals surface area contributed by atoms with Gasteiger partial charge in [-0.1, -0.05) is 41.9 Å². The maximum Gasteiger partial charge on any atom is 0.289 e. The van der Waals surface area contributed by atoms with E-state index in [-0.39, 0.29) is 27.9 Å². The van der Waals surface area contributed by atoms with E-state index in [0.29, 0.717) is 11.1 Å². The van der Waals surface area contributed by atoms with Gasteiger partial charge in [0.2, 0.25) is 6.10 Å². The van der Waals surface area contributed by atoms with Crippen LogP contribution in [0.4, 0.5) is 11.4 Å². The smallest absolute Gasteiger partial charge is 0.289 e. The standard InChI is InChI=1S/C22H16ClN3O5/c1-30-20-11-14(13-24)7-10-19(20)31-21(15-5-3-2-4-6-15)22(27)25-16-8-9-17(23)18(12-16)26(28)29/h2-12,21H,1H3,(H,25,27). The van der Waals surface area contributed by atoms with Crippen molar-refractivity contribution >= 4 is 28.9 Å². The van der Waals surface area contributed by atoms with E-state index in [1.165, 1.54) is 37.4 Å². The molecule has 0 aliphatic rings. The number of nitro groups is 1. The predicted molar refractivity (Wildman–Crippen MR) is 114 cm³/mol. The number of amides is 1. The molecule has 9 heteroatoms. The van der Waals surface area contributed by atoms with Crippen LogP contribution in [0.25, 0.3) is 0 Å². The molecule has 1 N–H and O–H groups in total. The Hall–Kier alpha value is -4.09. The highest BCUT2D eigenvalue weighted by atomic mass is 35.5. The zero-order valence-electron chi connectivity index (χ0n) is 16.2. The molecule has 0 fully saturated rings. The highest BCUT2D eigenvalue weighted by Crippen LogP contribution is 2.33. The van der Waals surface area contributed by atoms with E-state index in [1.807, 2.05) is 6.07 Å². The van der Waals surface area contributed by atoms with Crippen LogP contribution in [0.5, 0.6) is 11.5 Å². The number of methoxy groups -OCH3 is 1. The van der Waals surface area contributed by atoms with Crippen molar-refractivity contribution in [2.24, 2.45) is 0 Å². The molecule has 1 atom stereocenters. The number of ether oxygens (including phenoxy) is 2. The number of carbonyl (C=O) groups is 1. The van der Waals surface area contributed by atoms with Gasteiger partial charge in [0.25, 0.3) is 11.6 Å². The third kappa shape index (κ3) is 5.10. The quantitative estimate of drug-likeness (QED) is 0.415. The second kappa shape index (κ2) is 9.61. The van der Waals surface area contributed by atoms with Crippen LogP contribution in [0, 0.1) is 21.4 Å². The van der Waals surface area contributed by atoms with Crippen LogP contribution in [-0.4, -0.2) is 17.9 Å². The number of nitriles is 1. The van der Waals surface area contributed by atoms with Crippen LogP contribution >= 0.6 is 11.6 Å². The molecule has 0 aliphatic carbocycles. The fourth-order valence-corrected chi connectivity index (χ4v) is 2.99. The molecular weight excluding hydrogens is 422 g/mol. The van der Waals surface area contributed by atoms with E-state index < -0.39 is 16.9 Å². The maximum absolute atomic E-state index is 13.1. The molecule has 1 unspecified atom stereocenters. The number of hydrogen-bond donors (Lipinski definition) is 1. The van der Waals surface area contributed by atoms with Crippen molar-refractivity contribution in [3.8, 4) is 17.6 Å². The fourth-order valence-electron chi connectivity index (χ4n) is 2.80. The van der Waals surface area contributed by atoms with Crippen LogP contribution in [0.3, 0.4) is 0 Å². The number of halogens is 1. The highest BCUT2D eigenvalue weighted by molar-refractivity contribution is 6.32. The molecule has 0 saturated heterocycles. The number of nitrogens with zero attached hydrogens (tertiary/aromatic N) is 2. The van der Waals surface area contributed by atoms with Gasteiger partial charge in [0.15, 0.2) is 11.5 Å². The SMILES string of the molecule is COc1cc(C#N)ccc1OC(C(=O)Nc1ccc(Cl)c([N+](=O)[O-])c1)c1ccccc1. The maximum atomic E-state index is 13.1. The molecule has 0 aliphatic heterocycles. The van der Waals surface area contributed by atoms with Crippen molar-refractivity contribution in [1.82, 2.24) is 0 Å². The number of nitrogens with one attached hydrogen (secondary N) is 1. The van der Waals surface area contributed by atoms with Crippen LogP contribution < -0.4 is 14.8 Å². The number of benzene rings is 3. The molecule has 3 rings (SSSR count). The largest absolute Gasteiger partial charge is 0.493 e. The van der Waals surface area contributed by atoms with E-state index >= 15 is 0 Å². The van der Waals surface area contributed by atoms with E-state index in [0.717, 1.165) is 0 Å². The van der Waals surface area contributed by atoms with Crippen LogP contribution in [0.2, 0.25) is 5.02 Å². The number of anilines is 1. The number of hydrogen-bond acceptors (Lipinski definition) is 6. The highest BCUT2D eigenvalue weighted by Gasteiger charge is 2.25. The van der Waals surface area contributed by atoms with Crippen molar-refractivity contribution in [2.75, 3.05) is 12.4 Å². The van der Waals surface area contributed by atoms with Gasteiger partial charge in [-0.15, -0.1) is 0 Å². The van der Waals surface area contributed by atoms with E-state index in [4.69, 9.17) is 26.3 Å². The summed E-state index contributed by atoms with van der Waals surface area (Å²) in [6.45, 7) is 0. The van der Waals surface area contributed by atoms with Crippen molar-refractivity contribution in [3.63, 3.8) is 0 Å². The fraction of sp³-hybridized carbons (Fsp3) is 0.0909. The summed E-state index contributed by atoms with van der Waals surface area (Å²) in [7, 11) is 1.42. The topological polar surface area (TPSA) is 114 Å². The minimum absolute atomic E-state index is 0.0406. The zero-order valence-corrected chi connectivity index (χ0v) is 17.0. The first-order valence-corrected chi connectivity index (χ1v) is 9.35. The number of nitro benzene ring substituents is 1. The van der Waals surface area contributed by atoms with Gasteiger partial charge < -0.3 is 14.8 Å². The van der Waals surface area contributed by atoms with Gasteiger partial charge in [-0.05, 0) is 24.3 Å². The van der Waals surface area contributed by atoms with Crippen molar-refractivity contribution in [2.45, 2.75) is 6.10 Å². The lowest BCUT2D eigenvalue weighted by atomic mass is 10.1. The first-order chi connectivity index (χ1) is 14.9. The molecule has 156 valence electrons. The summed E-state index contributed by atoms with van der Waals surface area (Å²) >= 11 is 5.84. The Morgan fingerprint density at radius 1 is 1.13 bits per heavy atom. The molecule has 0 bridgehead atoms. The summed E-state index contributed by atoms with van der Waals surface area (Å²) < 4.78 is 11.2. The molecule has 0 radical (unpaired) electrons. The van der Waals surface area contributed by atoms with Crippen molar-refractivity contribution < 1.29 is 19.2 Å². The summed E-state index contributed by atoms with van der Waals surface area (Å²) in [4.78, 5) is 23.6. The Morgan fingerprint density at radius 3 is 2.52 bits per heavy atom. The van der Waals surface area contributed by atoms with Gasteiger partial charge in [-0.25, -0.2) is 0 Å². The van der Waals surface area contributed by atoms with Gasteiger partial charge in [-0.3, -0.25) is 14.9 Å². The van der Waals surface area contributed by atoms with E-state index in [2.05, 4.69) is 5.32 Å². The third-order valence-corrected chi connectivity index (χ3v) is 4.61. The summed E-state index contributed by atoms with van der Waals surface area (Å²) in [5.41, 5.74) is 0.788. The Morgan fingerprint density at radius 2 is 1.87 bits per heavy atom. The summed E-state index contributed by atoms with van der Waals surface area (Å²) in [5, 5.41) is 22.8. The van der Waals surface area contributed by atoms with E-state index in [9.17, 15) is 14.9 Å². The third-order valence-electron chi connectivity index (χ3n) is 4.29. The van der Waals surface area contributed by atoms with Gasteiger partial charge in [0.1, 0.15) is 5.02 Å². The van der Waals surface area contributed by atoms with Gasteiger partial charge in [-0.2, -0.15) is 5.26 Å². The molecule has 0 heterocycles. The minimum Gasteiger partial charge on any atom is -0.493 e. The molecule has 31 heavy (non-hydrogen) atoms. The molecule has 0 saturated carbocycles. The Bertz CT molecular complexity index is 1160. The summed E-state index contributed by atoms with van der Waals surface area (Å²) in [6, 6.07) is 19.3. The summed E-state index contributed by atoms with van der Waals surface area (Å²) in [5.74, 6) is -0.0169. The van der Waals surface area contributed by atoms with Crippen LogP contribution in [0.1, 0.15) is 17.2 Å². The average molecular weight is 438 g/mol. The zero-order chi connectivity index (χ0) is 22.4. The minimum atomic E-state index is -1.10. The van der Waals surface area contributed by atoms with Crippen LogP contribution in [-0.2, 0) is 4.79 Å². The Kier molecular flexibility index (Phi) is 6.70. The first kappa shape index (κ1) is 21.6. The molecule has 1 amide bonds. The first-order valence-electron chi connectivity index (χ1n) is 8.97. The lowest BCUT2D eigenvalue weighted by Gasteiger charge is -2.20. The van der Waals surface area contributed by atoms with Gasteiger partial charge in [0.05, 0.1) is 23.7 Å². The summed E-state index contributed by atoms with van der Waals surface area (Å²) in [6.07, 6.45) is -1.10. The van der Waals surface area contributed by atoms with E-state index in [1.54, 1.807) is 36.4 Å². The molecule has 0 spiro atoms. The number of rotatable bonds is 7. The Labute approximate surface area is 182 Å². The molecule has 3 aromatic rings. The van der Waals surface area contributed by atoms with Crippen LogP contribution in [0.15, 0.2) is 66.7 Å².